The van der Waals surface area contributed by atoms with Gasteiger partial charge in [0.1, 0.15) is 22.2 Å². The first kappa shape index (κ1) is 21.6. The van der Waals surface area contributed by atoms with E-state index < -0.39 is 15.3 Å². The molecule has 0 aliphatic rings. The van der Waals surface area contributed by atoms with E-state index in [0.29, 0.717) is 17.0 Å². The van der Waals surface area contributed by atoms with Gasteiger partial charge in [0.25, 0.3) is 0 Å². The number of hydrogen-bond donors (Lipinski definition) is 0. The molecule has 1 heterocycles. The van der Waals surface area contributed by atoms with Crippen LogP contribution in [-0.4, -0.2) is 27.2 Å². The lowest BCUT2D eigenvalue weighted by Crippen LogP contribution is -2.19. The molecule has 0 aliphatic carbocycles. The Balaban J connectivity index is 1.94. The second kappa shape index (κ2) is 8.47. The van der Waals surface area contributed by atoms with E-state index in [0.717, 1.165) is 5.56 Å². The zero-order valence-electron chi connectivity index (χ0n) is 17.4. The average molecular weight is 453 g/mol. The van der Waals surface area contributed by atoms with Crippen LogP contribution >= 0.6 is 0 Å². The molecule has 6 nitrogen and oxygen atoms in total. The van der Waals surface area contributed by atoms with Crippen LogP contribution in [0.4, 0.5) is 4.39 Å². The molecule has 4 rings (SSSR count). The first-order valence-electron chi connectivity index (χ1n) is 9.68. The summed E-state index contributed by atoms with van der Waals surface area (Å²) in [6.07, 6.45) is 1.33. The summed E-state index contributed by atoms with van der Waals surface area (Å²) in [5.41, 5.74) is 0.666. The Morgan fingerprint density at radius 2 is 1.50 bits per heavy atom. The Morgan fingerprint density at radius 3 is 2.12 bits per heavy atom. The molecule has 0 spiro atoms. The Hall–Kier alpha value is -3.65. The van der Waals surface area contributed by atoms with Crippen LogP contribution in [0.15, 0.2) is 87.5 Å². The van der Waals surface area contributed by atoms with E-state index in [2.05, 4.69) is 0 Å². The van der Waals surface area contributed by atoms with Crippen molar-refractivity contribution >= 4 is 20.7 Å². The van der Waals surface area contributed by atoms with Crippen molar-refractivity contribution in [2.45, 2.75) is 16.3 Å². The Morgan fingerprint density at radius 1 is 0.875 bits per heavy atom. The zero-order valence-corrected chi connectivity index (χ0v) is 18.2. The van der Waals surface area contributed by atoms with E-state index in [1.54, 1.807) is 28.8 Å². The van der Waals surface area contributed by atoms with Crippen LogP contribution in [0.5, 0.6) is 11.5 Å². The summed E-state index contributed by atoms with van der Waals surface area (Å²) < 4.78 is 52.0. The van der Waals surface area contributed by atoms with Gasteiger partial charge in [-0.05, 0) is 60.2 Å². The number of sulfone groups is 1. The van der Waals surface area contributed by atoms with Crippen LogP contribution in [0.2, 0.25) is 0 Å². The standard InChI is InChI=1S/C24H20FNO5S/c1-30-18-7-10-20(11-8-18)32(28,29)23-15-26(14-16-3-5-17(25)6-4-16)22-12-9-19(31-2)13-21(22)24(23)27/h3-13,15H,14H2,1-2H3. The highest BCUT2D eigenvalue weighted by Crippen LogP contribution is 2.25. The summed E-state index contributed by atoms with van der Waals surface area (Å²) in [6.45, 7) is 0.245. The monoisotopic (exact) mass is 453 g/mol. The summed E-state index contributed by atoms with van der Waals surface area (Å²) in [6, 6.07) is 16.6. The number of fused-ring (bicyclic) bond motifs is 1. The van der Waals surface area contributed by atoms with Gasteiger partial charge >= 0.3 is 0 Å². The van der Waals surface area contributed by atoms with Crippen LogP contribution < -0.4 is 14.9 Å². The fourth-order valence-electron chi connectivity index (χ4n) is 3.47. The third kappa shape index (κ3) is 3.97. The summed E-state index contributed by atoms with van der Waals surface area (Å²) in [4.78, 5) is 12.9. The van der Waals surface area contributed by atoms with E-state index >= 15 is 0 Å². The van der Waals surface area contributed by atoms with Crippen LogP contribution in [0, 0.1) is 5.82 Å². The van der Waals surface area contributed by atoms with E-state index in [4.69, 9.17) is 9.47 Å². The van der Waals surface area contributed by atoms with E-state index in [1.165, 1.54) is 62.9 Å². The maximum Gasteiger partial charge on any atom is 0.211 e. The predicted octanol–water partition coefficient (Wildman–Crippen LogP) is 4.04. The first-order valence-corrected chi connectivity index (χ1v) is 11.2. The molecular weight excluding hydrogens is 433 g/mol. The molecule has 0 N–H and O–H groups in total. The van der Waals surface area contributed by atoms with Gasteiger partial charge in [-0.1, -0.05) is 12.1 Å². The van der Waals surface area contributed by atoms with Gasteiger partial charge < -0.3 is 14.0 Å². The molecule has 0 bridgehead atoms. The van der Waals surface area contributed by atoms with Gasteiger partial charge in [-0.15, -0.1) is 0 Å². The van der Waals surface area contributed by atoms with Crippen molar-refractivity contribution in [2.24, 2.45) is 0 Å². The normalized spacial score (nSPS) is 11.5. The highest BCUT2D eigenvalue weighted by Gasteiger charge is 2.24. The largest absolute Gasteiger partial charge is 0.497 e. The molecule has 0 aliphatic heterocycles. The molecule has 0 unspecified atom stereocenters. The van der Waals surface area contributed by atoms with Crippen molar-refractivity contribution in [3.05, 3.63) is 94.5 Å². The number of nitrogens with zero attached hydrogens (tertiary/aromatic N) is 1. The van der Waals surface area contributed by atoms with Crippen molar-refractivity contribution in [1.82, 2.24) is 4.57 Å². The van der Waals surface area contributed by atoms with Gasteiger partial charge in [-0.2, -0.15) is 0 Å². The molecule has 0 radical (unpaired) electrons. The maximum absolute atomic E-state index is 13.4. The molecule has 0 atom stereocenters. The van der Waals surface area contributed by atoms with Crippen LogP contribution in [-0.2, 0) is 16.4 Å². The number of ether oxygens (including phenoxy) is 2. The molecule has 0 saturated heterocycles. The van der Waals surface area contributed by atoms with E-state index in [-0.39, 0.29) is 27.5 Å². The van der Waals surface area contributed by atoms with Crippen molar-refractivity contribution in [3.8, 4) is 11.5 Å². The minimum absolute atomic E-state index is 0.0222. The lowest BCUT2D eigenvalue weighted by atomic mass is 10.1. The number of hydrogen-bond acceptors (Lipinski definition) is 5. The third-order valence-corrected chi connectivity index (χ3v) is 6.94. The number of halogens is 1. The summed E-state index contributed by atoms with van der Waals surface area (Å²) in [7, 11) is -1.17. The fourth-order valence-corrected chi connectivity index (χ4v) is 4.84. The van der Waals surface area contributed by atoms with Crippen molar-refractivity contribution in [3.63, 3.8) is 0 Å². The number of methoxy groups -OCH3 is 2. The van der Waals surface area contributed by atoms with E-state index in [1.807, 2.05) is 0 Å². The smallest absolute Gasteiger partial charge is 0.211 e. The van der Waals surface area contributed by atoms with Crippen LogP contribution in [0.1, 0.15) is 5.56 Å². The Labute approximate surface area is 184 Å². The quantitative estimate of drug-likeness (QED) is 0.441. The summed E-state index contributed by atoms with van der Waals surface area (Å²) >= 11 is 0. The number of benzene rings is 3. The minimum Gasteiger partial charge on any atom is -0.497 e. The molecule has 0 amide bonds. The lowest BCUT2D eigenvalue weighted by Gasteiger charge is -2.15. The number of aromatic nitrogens is 1. The Bertz CT molecular complexity index is 1440. The Kier molecular flexibility index (Phi) is 5.71. The van der Waals surface area contributed by atoms with Gasteiger partial charge in [-0.3, -0.25) is 4.79 Å². The number of rotatable bonds is 6. The fraction of sp³-hybridized carbons (Fsp3) is 0.125. The van der Waals surface area contributed by atoms with Gasteiger partial charge in [0.2, 0.25) is 15.3 Å². The topological polar surface area (TPSA) is 74.6 Å². The predicted molar refractivity (Wildman–Crippen MR) is 119 cm³/mol. The van der Waals surface area contributed by atoms with Gasteiger partial charge in [0.15, 0.2) is 0 Å². The average Bonchev–Trinajstić information content (AvgIpc) is 2.81. The second-order valence-electron chi connectivity index (χ2n) is 7.14. The van der Waals surface area contributed by atoms with Gasteiger partial charge in [0.05, 0.1) is 30.0 Å². The molecule has 4 aromatic rings. The van der Waals surface area contributed by atoms with Gasteiger partial charge in [0, 0.05) is 12.7 Å². The molecule has 0 fully saturated rings. The van der Waals surface area contributed by atoms with Crippen molar-refractivity contribution in [2.75, 3.05) is 14.2 Å². The molecule has 1 aromatic heterocycles. The summed E-state index contributed by atoms with van der Waals surface area (Å²) in [5, 5.41) is 0.209. The van der Waals surface area contributed by atoms with Crippen LogP contribution in [0.25, 0.3) is 10.9 Å². The molecular formula is C24H20FNO5S. The second-order valence-corrected chi connectivity index (χ2v) is 9.06. The highest BCUT2D eigenvalue weighted by molar-refractivity contribution is 7.91. The molecule has 3 aromatic carbocycles. The van der Waals surface area contributed by atoms with Gasteiger partial charge in [-0.25, -0.2) is 12.8 Å². The van der Waals surface area contributed by atoms with E-state index in [9.17, 15) is 17.6 Å². The first-order chi connectivity index (χ1) is 15.3. The summed E-state index contributed by atoms with van der Waals surface area (Å²) in [5.74, 6) is 0.564. The molecule has 0 saturated carbocycles. The maximum atomic E-state index is 13.4. The third-order valence-electron chi connectivity index (χ3n) is 5.18. The van der Waals surface area contributed by atoms with Crippen molar-refractivity contribution < 1.29 is 22.3 Å². The zero-order chi connectivity index (χ0) is 22.9. The molecule has 164 valence electrons. The lowest BCUT2D eigenvalue weighted by molar-refractivity contribution is 0.414. The molecule has 32 heavy (non-hydrogen) atoms. The van der Waals surface area contributed by atoms with Crippen LogP contribution in [0.3, 0.4) is 0 Å². The minimum atomic E-state index is -4.12. The number of pyridine rings is 1. The molecule has 8 heteroatoms. The highest BCUT2D eigenvalue weighted by atomic mass is 32.2. The SMILES string of the molecule is COc1ccc(S(=O)(=O)c2cn(Cc3ccc(F)cc3)c3ccc(OC)cc3c2=O)cc1. The van der Waals surface area contributed by atoms with Crippen molar-refractivity contribution in [1.29, 1.82) is 0 Å².